The highest BCUT2D eigenvalue weighted by atomic mass is 19.1. The molecule has 0 spiro atoms. The Bertz CT molecular complexity index is 322. The molecule has 0 heterocycles. The topological polar surface area (TPSA) is 21.3 Å². The van der Waals surface area contributed by atoms with E-state index in [1.54, 1.807) is 0 Å². The highest BCUT2D eigenvalue weighted by molar-refractivity contribution is 5.23. The molecular formula is C12H17F2NO. The van der Waals surface area contributed by atoms with Crippen molar-refractivity contribution in [3.05, 3.63) is 29.8 Å². The maximum atomic E-state index is 12.9. The van der Waals surface area contributed by atoms with Crippen molar-refractivity contribution in [2.24, 2.45) is 5.92 Å². The summed E-state index contributed by atoms with van der Waals surface area (Å²) in [5.41, 5.74) is 0. The number of nitrogens with one attached hydrogen (secondary N) is 1. The van der Waals surface area contributed by atoms with Crippen molar-refractivity contribution in [1.29, 1.82) is 0 Å². The second-order valence-electron chi connectivity index (χ2n) is 4.06. The molecule has 16 heavy (non-hydrogen) atoms. The molecule has 0 saturated carbocycles. The summed E-state index contributed by atoms with van der Waals surface area (Å²) in [6.07, 6.45) is 0. The van der Waals surface area contributed by atoms with Gasteiger partial charge in [0.1, 0.15) is 24.0 Å². The third-order valence-electron chi connectivity index (χ3n) is 2.44. The van der Waals surface area contributed by atoms with Gasteiger partial charge in [-0.2, -0.15) is 0 Å². The van der Waals surface area contributed by atoms with Crippen molar-refractivity contribution >= 4 is 0 Å². The fourth-order valence-electron chi connectivity index (χ4n) is 1.41. The molecule has 0 fully saturated rings. The van der Waals surface area contributed by atoms with Gasteiger partial charge in [-0.15, -0.1) is 0 Å². The number of rotatable bonds is 5. The third kappa shape index (κ3) is 3.77. The summed E-state index contributed by atoms with van der Waals surface area (Å²) in [4.78, 5) is 0. The predicted octanol–water partition coefficient (Wildman–Crippen LogP) is 2.59. The number of halogens is 2. The Morgan fingerprint density at radius 2 is 1.75 bits per heavy atom. The van der Waals surface area contributed by atoms with Crippen LogP contribution < -0.4 is 10.1 Å². The van der Waals surface area contributed by atoms with Gasteiger partial charge >= 0.3 is 0 Å². The molecule has 0 aromatic heterocycles. The first kappa shape index (κ1) is 12.9. The van der Waals surface area contributed by atoms with Crippen LogP contribution in [0.4, 0.5) is 8.78 Å². The fourth-order valence-corrected chi connectivity index (χ4v) is 1.41. The van der Waals surface area contributed by atoms with Crippen LogP contribution in [-0.2, 0) is 0 Å². The third-order valence-corrected chi connectivity index (χ3v) is 2.44. The van der Waals surface area contributed by atoms with E-state index in [9.17, 15) is 8.78 Å². The Kier molecular flexibility index (Phi) is 4.68. The van der Waals surface area contributed by atoms with Gasteiger partial charge in [0.05, 0.1) is 0 Å². The fraction of sp³-hybridized carbons (Fsp3) is 0.500. The lowest BCUT2D eigenvalue weighted by atomic mass is 10.1. The van der Waals surface area contributed by atoms with Crippen molar-refractivity contribution in [3.63, 3.8) is 0 Å². The highest BCUT2D eigenvalue weighted by Gasteiger charge is 2.12. The molecule has 1 rings (SSSR count). The number of hydrogen-bond donors (Lipinski definition) is 1. The smallest absolute Gasteiger partial charge is 0.129 e. The summed E-state index contributed by atoms with van der Waals surface area (Å²) in [5.74, 6) is -0.636. The molecule has 1 atom stereocenters. The van der Waals surface area contributed by atoms with Crippen molar-refractivity contribution in [2.45, 2.75) is 19.9 Å². The maximum Gasteiger partial charge on any atom is 0.129 e. The molecule has 1 unspecified atom stereocenters. The first-order chi connectivity index (χ1) is 7.52. The summed E-state index contributed by atoms with van der Waals surface area (Å²) in [5, 5.41) is 3.09. The molecule has 0 amide bonds. The van der Waals surface area contributed by atoms with E-state index in [0.717, 1.165) is 6.07 Å². The van der Waals surface area contributed by atoms with Crippen molar-refractivity contribution < 1.29 is 13.5 Å². The Balaban J connectivity index is 2.60. The van der Waals surface area contributed by atoms with E-state index in [-0.39, 0.29) is 11.8 Å². The molecule has 90 valence electrons. The minimum atomic E-state index is -0.624. The zero-order valence-corrected chi connectivity index (χ0v) is 9.76. The second-order valence-corrected chi connectivity index (χ2v) is 4.06. The van der Waals surface area contributed by atoms with E-state index in [4.69, 9.17) is 4.74 Å². The van der Waals surface area contributed by atoms with Gasteiger partial charge in [0.2, 0.25) is 0 Å². The van der Waals surface area contributed by atoms with Gasteiger partial charge in [-0.3, -0.25) is 0 Å². The monoisotopic (exact) mass is 229 g/mol. The number of ether oxygens (including phenoxy) is 1. The maximum absolute atomic E-state index is 12.9. The minimum absolute atomic E-state index is 0.159. The number of benzene rings is 1. The first-order valence-electron chi connectivity index (χ1n) is 5.29. The second kappa shape index (κ2) is 5.80. The Hall–Kier alpha value is -1.16. The quantitative estimate of drug-likeness (QED) is 0.838. The van der Waals surface area contributed by atoms with Gasteiger partial charge in [-0.05, 0) is 13.0 Å². The van der Waals surface area contributed by atoms with Crippen LogP contribution in [0.2, 0.25) is 0 Å². The SMILES string of the molecule is CNC(COc1cc(F)cc(F)c1)C(C)C. The van der Waals surface area contributed by atoms with E-state index < -0.39 is 11.6 Å². The molecule has 1 aromatic carbocycles. The molecule has 1 aromatic rings. The molecule has 0 radical (unpaired) electrons. The average Bonchev–Trinajstić information content (AvgIpc) is 2.16. The van der Waals surface area contributed by atoms with Crippen LogP contribution in [0.25, 0.3) is 0 Å². The summed E-state index contributed by atoms with van der Waals surface area (Å²) >= 11 is 0. The normalized spacial score (nSPS) is 12.9. The summed E-state index contributed by atoms with van der Waals surface area (Å²) in [6, 6.07) is 3.34. The number of hydrogen-bond acceptors (Lipinski definition) is 2. The first-order valence-corrected chi connectivity index (χ1v) is 5.29. The summed E-state index contributed by atoms with van der Waals surface area (Å²) in [7, 11) is 1.83. The van der Waals surface area contributed by atoms with Crippen LogP contribution in [-0.4, -0.2) is 19.7 Å². The van der Waals surface area contributed by atoms with Gasteiger partial charge in [0.25, 0.3) is 0 Å². The van der Waals surface area contributed by atoms with Gasteiger partial charge < -0.3 is 10.1 Å². The zero-order valence-electron chi connectivity index (χ0n) is 9.76. The van der Waals surface area contributed by atoms with E-state index in [1.165, 1.54) is 12.1 Å². The largest absolute Gasteiger partial charge is 0.492 e. The van der Waals surface area contributed by atoms with Crippen LogP contribution in [0.15, 0.2) is 18.2 Å². The average molecular weight is 229 g/mol. The zero-order chi connectivity index (χ0) is 12.1. The molecule has 0 bridgehead atoms. The lowest BCUT2D eigenvalue weighted by molar-refractivity contribution is 0.236. The molecule has 1 N–H and O–H groups in total. The van der Waals surface area contributed by atoms with E-state index in [2.05, 4.69) is 19.2 Å². The standard InChI is InChI=1S/C12H17F2NO/c1-8(2)12(15-3)7-16-11-5-9(13)4-10(14)6-11/h4-6,8,12,15H,7H2,1-3H3. The summed E-state index contributed by atoms with van der Waals surface area (Å²) in [6.45, 7) is 4.49. The Morgan fingerprint density at radius 1 is 1.19 bits per heavy atom. The molecule has 0 aliphatic heterocycles. The minimum Gasteiger partial charge on any atom is -0.492 e. The van der Waals surface area contributed by atoms with Crippen LogP contribution in [0.3, 0.4) is 0 Å². The molecule has 0 aliphatic carbocycles. The molecule has 0 saturated heterocycles. The Labute approximate surface area is 94.6 Å². The van der Waals surface area contributed by atoms with Gasteiger partial charge in [-0.1, -0.05) is 13.8 Å². The van der Waals surface area contributed by atoms with Crippen LogP contribution in [0.5, 0.6) is 5.75 Å². The van der Waals surface area contributed by atoms with Crippen molar-refractivity contribution in [3.8, 4) is 5.75 Å². The van der Waals surface area contributed by atoms with Gasteiger partial charge in [0.15, 0.2) is 0 Å². The van der Waals surface area contributed by atoms with Crippen molar-refractivity contribution in [2.75, 3.05) is 13.7 Å². The molecule has 0 aliphatic rings. The molecule has 2 nitrogen and oxygen atoms in total. The van der Waals surface area contributed by atoms with E-state index in [0.29, 0.717) is 12.5 Å². The molecule has 4 heteroatoms. The van der Waals surface area contributed by atoms with Crippen LogP contribution in [0, 0.1) is 17.6 Å². The number of likely N-dealkylation sites (N-methyl/N-ethyl adjacent to an activating group) is 1. The van der Waals surface area contributed by atoms with Gasteiger partial charge in [-0.25, -0.2) is 8.78 Å². The van der Waals surface area contributed by atoms with Crippen LogP contribution >= 0.6 is 0 Å². The lowest BCUT2D eigenvalue weighted by Crippen LogP contribution is -2.36. The van der Waals surface area contributed by atoms with Crippen LogP contribution in [0.1, 0.15) is 13.8 Å². The summed E-state index contributed by atoms with van der Waals surface area (Å²) < 4.78 is 31.1. The van der Waals surface area contributed by atoms with E-state index >= 15 is 0 Å². The van der Waals surface area contributed by atoms with Crippen molar-refractivity contribution in [1.82, 2.24) is 5.32 Å². The molecular weight excluding hydrogens is 212 g/mol. The van der Waals surface area contributed by atoms with E-state index in [1.807, 2.05) is 7.05 Å². The van der Waals surface area contributed by atoms with Gasteiger partial charge in [0, 0.05) is 24.2 Å². The lowest BCUT2D eigenvalue weighted by Gasteiger charge is -2.20. The predicted molar refractivity (Wildman–Crippen MR) is 59.5 cm³/mol. The Morgan fingerprint density at radius 3 is 2.19 bits per heavy atom. The highest BCUT2D eigenvalue weighted by Crippen LogP contribution is 2.16.